The Morgan fingerprint density at radius 3 is 2.85 bits per heavy atom. The molecule has 1 aromatic heterocycles. The van der Waals surface area contributed by atoms with E-state index in [1.165, 1.54) is 47.8 Å². The number of fused-ring (bicyclic) bond motifs is 1. The molecule has 0 aromatic carbocycles. The van der Waals surface area contributed by atoms with Crippen molar-refractivity contribution in [3.63, 3.8) is 0 Å². The summed E-state index contributed by atoms with van der Waals surface area (Å²) < 4.78 is 0. The molecule has 3 nitrogen and oxygen atoms in total. The van der Waals surface area contributed by atoms with Crippen molar-refractivity contribution < 1.29 is 0 Å². The van der Waals surface area contributed by atoms with Crippen LogP contribution in [0.4, 0.5) is 0 Å². The highest BCUT2D eigenvalue weighted by Gasteiger charge is 2.37. The Morgan fingerprint density at radius 2 is 2.20 bits per heavy atom. The van der Waals surface area contributed by atoms with Crippen LogP contribution >= 0.6 is 11.3 Å². The first-order valence-electron chi connectivity index (χ1n) is 7.87. The van der Waals surface area contributed by atoms with Crippen LogP contribution in [0.25, 0.3) is 0 Å². The average molecular weight is 293 g/mol. The number of rotatable bonds is 3. The summed E-state index contributed by atoms with van der Waals surface area (Å²) in [6.45, 7) is 11.2. The quantitative estimate of drug-likeness (QED) is 0.929. The molecule has 3 atom stereocenters. The van der Waals surface area contributed by atoms with E-state index in [2.05, 4.69) is 36.6 Å². The standard InChI is InChI=1S/C16H27N3S/c1-11-9-18-6-4-5-14(18)10-19(11)16(8-17)15-7-12(2)20-13(15)3/h7,11,14,16H,4-6,8-10,17H2,1-3H3. The van der Waals surface area contributed by atoms with Gasteiger partial charge in [0.25, 0.3) is 0 Å². The van der Waals surface area contributed by atoms with Gasteiger partial charge in [-0.25, -0.2) is 0 Å². The van der Waals surface area contributed by atoms with Crippen LogP contribution in [0.2, 0.25) is 0 Å². The highest BCUT2D eigenvalue weighted by molar-refractivity contribution is 7.12. The van der Waals surface area contributed by atoms with E-state index in [1.54, 1.807) is 0 Å². The van der Waals surface area contributed by atoms with E-state index >= 15 is 0 Å². The summed E-state index contributed by atoms with van der Waals surface area (Å²) in [5, 5.41) is 0. The lowest BCUT2D eigenvalue weighted by molar-refractivity contribution is 0.0296. The van der Waals surface area contributed by atoms with Crippen LogP contribution in [0, 0.1) is 13.8 Å². The normalized spacial score (nSPS) is 29.6. The van der Waals surface area contributed by atoms with E-state index in [9.17, 15) is 0 Å². The van der Waals surface area contributed by atoms with Crippen molar-refractivity contribution in [1.82, 2.24) is 9.80 Å². The van der Waals surface area contributed by atoms with Gasteiger partial charge >= 0.3 is 0 Å². The molecule has 2 aliphatic heterocycles. The zero-order valence-electron chi connectivity index (χ0n) is 12.9. The van der Waals surface area contributed by atoms with Crippen LogP contribution in [0.5, 0.6) is 0 Å². The minimum atomic E-state index is 0.401. The summed E-state index contributed by atoms with van der Waals surface area (Å²) in [5.41, 5.74) is 7.63. The van der Waals surface area contributed by atoms with E-state index in [1.807, 2.05) is 11.3 Å². The second-order valence-electron chi connectivity index (χ2n) is 6.46. The van der Waals surface area contributed by atoms with Crippen LogP contribution in [0.3, 0.4) is 0 Å². The molecule has 2 N–H and O–H groups in total. The molecule has 3 rings (SSSR count). The van der Waals surface area contributed by atoms with Gasteiger partial charge < -0.3 is 5.73 Å². The van der Waals surface area contributed by atoms with Crippen molar-refractivity contribution >= 4 is 11.3 Å². The van der Waals surface area contributed by atoms with Crippen molar-refractivity contribution in [2.24, 2.45) is 5.73 Å². The summed E-state index contributed by atoms with van der Waals surface area (Å²) in [6.07, 6.45) is 2.73. The average Bonchev–Trinajstić information content (AvgIpc) is 2.97. The van der Waals surface area contributed by atoms with Gasteiger partial charge in [-0.15, -0.1) is 11.3 Å². The van der Waals surface area contributed by atoms with Gasteiger partial charge in [0.1, 0.15) is 0 Å². The number of hydrogen-bond donors (Lipinski definition) is 1. The Bertz CT molecular complexity index is 470. The maximum Gasteiger partial charge on any atom is 0.0485 e. The Balaban J connectivity index is 1.83. The summed E-state index contributed by atoms with van der Waals surface area (Å²) in [5.74, 6) is 0. The third kappa shape index (κ3) is 2.54. The molecule has 0 spiro atoms. The van der Waals surface area contributed by atoms with Gasteiger partial charge in [-0.2, -0.15) is 0 Å². The second-order valence-corrected chi connectivity index (χ2v) is 7.92. The highest BCUT2D eigenvalue weighted by Crippen LogP contribution is 2.34. The number of piperazine rings is 1. The molecule has 3 heterocycles. The summed E-state index contributed by atoms with van der Waals surface area (Å²) in [7, 11) is 0. The van der Waals surface area contributed by atoms with E-state index in [0.29, 0.717) is 12.1 Å². The Morgan fingerprint density at radius 1 is 1.40 bits per heavy atom. The second kappa shape index (κ2) is 5.76. The van der Waals surface area contributed by atoms with Crippen LogP contribution in [-0.2, 0) is 0 Å². The fourth-order valence-corrected chi connectivity index (χ4v) is 5.05. The summed E-state index contributed by atoms with van der Waals surface area (Å²) in [6, 6.07) is 4.13. The summed E-state index contributed by atoms with van der Waals surface area (Å²) in [4.78, 5) is 8.20. The third-order valence-corrected chi connectivity index (χ3v) is 6.03. The van der Waals surface area contributed by atoms with Gasteiger partial charge in [0.15, 0.2) is 0 Å². The Labute approximate surface area is 126 Å². The molecule has 1 aromatic rings. The molecule has 2 fully saturated rings. The van der Waals surface area contributed by atoms with Gasteiger partial charge in [0.2, 0.25) is 0 Å². The predicted octanol–water partition coefficient (Wildman–Crippen LogP) is 2.53. The lowest BCUT2D eigenvalue weighted by Crippen LogP contribution is -2.56. The lowest BCUT2D eigenvalue weighted by Gasteiger charge is -2.46. The van der Waals surface area contributed by atoms with Crippen molar-refractivity contribution in [3.05, 3.63) is 21.4 Å². The van der Waals surface area contributed by atoms with Gasteiger partial charge in [0, 0.05) is 47.5 Å². The minimum absolute atomic E-state index is 0.401. The van der Waals surface area contributed by atoms with Gasteiger partial charge in [-0.1, -0.05) is 0 Å². The number of hydrogen-bond acceptors (Lipinski definition) is 4. The van der Waals surface area contributed by atoms with Crippen molar-refractivity contribution in [2.75, 3.05) is 26.2 Å². The SMILES string of the molecule is Cc1cc(C(CN)N2CC3CCCN3CC2C)c(C)s1. The molecule has 0 aliphatic carbocycles. The van der Waals surface area contributed by atoms with Crippen LogP contribution in [0.1, 0.15) is 41.1 Å². The first kappa shape index (κ1) is 14.5. The zero-order valence-corrected chi connectivity index (χ0v) is 13.7. The maximum atomic E-state index is 6.16. The third-order valence-electron chi connectivity index (χ3n) is 5.05. The predicted molar refractivity (Wildman–Crippen MR) is 86.4 cm³/mol. The first-order valence-corrected chi connectivity index (χ1v) is 8.68. The van der Waals surface area contributed by atoms with E-state index < -0.39 is 0 Å². The molecule has 2 saturated heterocycles. The smallest absolute Gasteiger partial charge is 0.0485 e. The van der Waals surface area contributed by atoms with E-state index in [4.69, 9.17) is 5.73 Å². The number of aryl methyl sites for hydroxylation is 2. The first-order chi connectivity index (χ1) is 9.60. The van der Waals surface area contributed by atoms with Gasteiger partial charge in [-0.05, 0) is 51.8 Å². The number of nitrogens with zero attached hydrogens (tertiary/aromatic N) is 2. The fourth-order valence-electron chi connectivity index (χ4n) is 4.07. The molecular formula is C16H27N3S. The van der Waals surface area contributed by atoms with E-state index in [-0.39, 0.29) is 0 Å². The largest absolute Gasteiger partial charge is 0.329 e. The van der Waals surface area contributed by atoms with Gasteiger partial charge in [0.05, 0.1) is 0 Å². The Kier molecular flexibility index (Phi) is 4.18. The van der Waals surface area contributed by atoms with Gasteiger partial charge in [-0.3, -0.25) is 9.80 Å². The monoisotopic (exact) mass is 293 g/mol. The lowest BCUT2D eigenvalue weighted by atomic mass is 10.00. The molecule has 4 heteroatoms. The molecule has 2 aliphatic rings. The molecular weight excluding hydrogens is 266 g/mol. The van der Waals surface area contributed by atoms with Crippen LogP contribution in [-0.4, -0.2) is 48.1 Å². The minimum Gasteiger partial charge on any atom is -0.329 e. The van der Waals surface area contributed by atoms with Crippen LogP contribution in [0.15, 0.2) is 6.07 Å². The van der Waals surface area contributed by atoms with Crippen molar-refractivity contribution in [2.45, 2.75) is 51.7 Å². The molecule has 112 valence electrons. The molecule has 0 radical (unpaired) electrons. The van der Waals surface area contributed by atoms with Crippen molar-refractivity contribution in [1.29, 1.82) is 0 Å². The highest BCUT2D eigenvalue weighted by atomic mass is 32.1. The Hall–Kier alpha value is -0.420. The summed E-state index contributed by atoms with van der Waals surface area (Å²) >= 11 is 1.90. The molecule has 0 saturated carbocycles. The van der Waals surface area contributed by atoms with Crippen LogP contribution < -0.4 is 5.73 Å². The topological polar surface area (TPSA) is 32.5 Å². The van der Waals surface area contributed by atoms with E-state index in [0.717, 1.165) is 12.6 Å². The fraction of sp³-hybridized carbons (Fsp3) is 0.750. The molecule has 0 bridgehead atoms. The van der Waals surface area contributed by atoms with Crippen molar-refractivity contribution in [3.8, 4) is 0 Å². The molecule has 3 unspecified atom stereocenters. The molecule has 0 amide bonds. The zero-order chi connectivity index (χ0) is 14.3. The number of nitrogens with two attached hydrogens (primary N) is 1. The number of thiophene rings is 1. The molecule has 20 heavy (non-hydrogen) atoms. The maximum absolute atomic E-state index is 6.16.